The molecule has 0 aliphatic heterocycles. The van der Waals surface area contributed by atoms with E-state index in [0.29, 0.717) is 5.57 Å². The van der Waals surface area contributed by atoms with Crippen molar-refractivity contribution in [2.24, 2.45) is 0 Å². The summed E-state index contributed by atoms with van der Waals surface area (Å²) < 4.78 is 0. The molecule has 0 bridgehead atoms. The number of aldehydes is 1. The molecule has 0 fully saturated rings. The summed E-state index contributed by atoms with van der Waals surface area (Å²) in [7, 11) is 0. The van der Waals surface area contributed by atoms with Crippen LogP contribution in [-0.2, 0) is 11.2 Å². The second-order valence-electron chi connectivity index (χ2n) is 4.00. The number of hydrogen-bond donors (Lipinski definition) is 0. The lowest BCUT2D eigenvalue weighted by Gasteiger charge is -2.17. The van der Waals surface area contributed by atoms with Crippen LogP contribution in [0.3, 0.4) is 0 Å². The Morgan fingerprint density at radius 2 is 2.06 bits per heavy atom. The van der Waals surface area contributed by atoms with Crippen LogP contribution < -0.4 is 0 Å². The standard InChI is InChI=1S/C14H13ClO/c1-10(9-16)8-12-7-6-11-4-2-3-5-13(11)14(12)15/h2-5,8-9H,6-7H2,1H3/b10-8+. The van der Waals surface area contributed by atoms with Crippen LogP contribution in [0.15, 0.2) is 41.5 Å². The first kappa shape index (κ1) is 11.2. The number of hydrogen-bond acceptors (Lipinski definition) is 1. The van der Waals surface area contributed by atoms with Crippen LogP contribution in [0.25, 0.3) is 5.03 Å². The zero-order valence-corrected chi connectivity index (χ0v) is 9.92. The third-order valence-electron chi connectivity index (χ3n) is 2.79. The van der Waals surface area contributed by atoms with E-state index in [9.17, 15) is 4.79 Å². The molecule has 16 heavy (non-hydrogen) atoms. The molecule has 1 aliphatic carbocycles. The van der Waals surface area contributed by atoms with Crippen molar-refractivity contribution in [1.82, 2.24) is 0 Å². The molecular formula is C14H13ClO. The zero-order chi connectivity index (χ0) is 11.5. The monoisotopic (exact) mass is 232 g/mol. The SMILES string of the molecule is C/C(C=O)=C\C1=C(Cl)c2ccccc2CC1. The lowest BCUT2D eigenvalue weighted by Crippen LogP contribution is -2.01. The smallest absolute Gasteiger partial charge is 0.145 e. The van der Waals surface area contributed by atoms with E-state index >= 15 is 0 Å². The van der Waals surface area contributed by atoms with Gasteiger partial charge in [-0.15, -0.1) is 0 Å². The first-order chi connectivity index (χ1) is 7.72. The molecule has 0 aromatic heterocycles. The number of benzene rings is 1. The molecule has 0 spiro atoms. The van der Waals surface area contributed by atoms with E-state index < -0.39 is 0 Å². The molecule has 2 heteroatoms. The van der Waals surface area contributed by atoms with Crippen LogP contribution in [0.2, 0.25) is 0 Å². The minimum absolute atomic E-state index is 0.715. The summed E-state index contributed by atoms with van der Waals surface area (Å²) in [6.45, 7) is 1.80. The van der Waals surface area contributed by atoms with Crippen LogP contribution in [-0.4, -0.2) is 6.29 Å². The molecular weight excluding hydrogens is 220 g/mol. The quantitative estimate of drug-likeness (QED) is 0.561. The average molecular weight is 233 g/mol. The van der Waals surface area contributed by atoms with Gasteiger partial charge in [0.25, 0.3) is 0 Å². The van der Waals surface area contributed by atoms with Gasteiger partial charge in [-0.25, -0.2) is 0 Å². The first-order valence-electron chi connectivity index (χ1n) is 5.33. The number of carbonyl (C=O) groups is 1. The fourth-order valence-corrected chi connectivity index (χ4v) is 2.28. The molecule has 0 unspecified atom stereocenters. The highest BCUT2D eigenvalue weighted by molar-refractivity contribution is 6.49. The van der Waals surface area contributed by atoms with Crippen molar-refractivity contribution in [3.63, 3.8) is 0 Å². The average Bonchev–Trinajstić information content (AvgIpc) is 2.33. The topological polar surface area (TPSA) is 17.1 Å². The molecule has 82 valence electrons. The first-order valence-corrected chi connectivity index (χ1v) is 5.70. The molecule has 0 amide bonds. The van der Waals surface area contributed by atoms with Gasteiger partial charge in [-0.2, -0.15) is 0 Å². The molecule has 0 atom stereocenters. The summed E-state index contributed by atoms with van der Waals surface area (Å²) in [4.78, 5) is 10.6. The molecule has 0 N–H and O–H groups in total. The van der Waals surface area contributed by atoms with E-state index in [0.717, 1.165) is 35.3 Å². The normalized spacial score (nSPS) is 16.0. The van der Waals surface area contributed by atoms with Crippen LogP contribution in [0.4, 0.5) is 0 Å². The van der Waals surface area contributed by atoms with Crippen molar-refractivity contribution >= 4 is 22.9 Å². The maximum absolute atomic E-state index is 10.6. The number of carbonyl (C=O) groups excluding carboxylic acids is 1. The lowest BCUT2D eigenvalue weighted by atomic mass is 9.91. The van der Waals surface area contributed by atoms with Gasteiger partial charge in [0.2, 0.25) is 0 Å². The van der Waals surface area contributed by atoms with Crippen LogP contribution >= 0.6 is 11.6 Å². The summed E-state index contributed by atoms with van der Waals surface area (Å²) in [6, 6.07) is 8.15. The van der Waals surface area contributed by atoms with E-state index in [1.54, 1.807) is 6.92 Å². The van der Waals surface area contributed by atoms with Crippen molar-refractivity contribution in [2.75, 3.05) is 0 Å². The molecule has 1 aromatic rings. The van der Waals surface area contributed by atoms with Gasteiger partial charge in [-0.05, 0) is 42.0 Å². The van der Waals surface area contributed by atoms with Gasteiger partial charge in [0.05, 0.1) is 5.03 Å². The number of allylic oxidation sites excluding steroid dienone is 3. The van der Waals surface area contributed by atoms with Gasteiger partial charge in [0, 0.05) is 0 Å². The Balaban J connectivity index is 2.47. The number of fused-ring (bicyclic) bond motifs is 1. The van der Waals surface area contributed by atoms with E-state index in [2.05, 4.69) is 6.07 Å². The highest BCUT2D eigenvalue weighted by atomic mass is 35.5. The minimum Gasteiger partial charge on any atom is -0.298 e. The van der Waals surface area contributed by atoms with Gasteiger partial charge in [0.1, 0.15) is 6.29 Å². The number of rotatable bonds is 2. The Morgan fingerprint density at radius 1 is 1.31 bits per heavy atom. The molecule has 1 nitrogen and oxygen atoms in total. The largest absolute Gasteiger partial charge is 0.298 e. The summed E-state index contributed by atoms with van der Waals surface area (Å²) in [6.07, 6.45) is 4.63. The summed E-state index contributed by atoms with van der Waals surface area (Å²) in [5, 5.41) is 0.781. The fraction of sp³-hybridized carbons (Fsp3) is 0.214. The molecule has 0 saturated heterocycles. The molecule has 2 rings (SSSR count). The third kappa shape index (κ3) is 2.10. The predicted octanol–water partition coefficient (Wildman–Crippen LogP) is 3.73. The molecule has 0 radical (unpaired) electrons. The maximum Gasteiger partial charge on any atom is 0.145 e. The minimum atomic E-state index is 0.715. The second kappa shape index (κ2) is 4.67. The predicted molar refractivity (Wildman–Crippen MR) is 67.4 cm³/mol. The Morgan fingerprint density at radius 3 is 2.81 bits per heavy atom. The number of halogens is 1. The van der Waals surface area contributed by atoms with Gasteiger partial charge in [0.15, 0.2) is 0 Å². The molecule has 0 saturated carbocycles. The Hall–Kier alpha value is -1.34. The van der Waals surface area contributed by atoms with Crippen molar-refractivity contribution in [3.8, 4) is 0 Å². The third-order valence-corrected chi connectivity index (χ3v) is 3.23. The van der Waals surface area contributed by atoms with Crippen LogP contribution in [0.1, 0.15) is 24.5 Å². The summed E-state index contributed by atoms with van der Waals surface area (Å²) in [5.74, 6) is 0. The van der Waals surface area contributed by atoms with Crippen molar-refractivity contribution in [3.05, 3.63) is 52.6 Å². The molecule has 0 heterocycles. The Labute approximate surface area is 100 Å². The van der Waals surface area contributed by atoms with Gasteiger partial charge >= 0.3 is 0 Å². The Kier molecular flexibility index (Phi) is 3.25. The van der Waals surface area contributed by atoms with Gasteiger partial charge < -0.3 is 0 Å². The van der Waals surface area contributed by atoms with Gasteiger partial charge in [-0.3, -0.25) is 4.79 Å². The zero-order valence-electron chi connectivity index (χ0n) is 9.16. The van der Waals surface area contributed by atoms with Crippen LogP contribution in [0, 0.1) is 0 Å². The summed E-state index contributed by atoms with van der Waals surface area (Å²) >= 11 is 6.33. The van der Waals surface area contributed by atoms with E-state index in [4.69, 9.17) is 11.6 Å². The van der Waals surface area contributed by atoms with Crippen molar-refractivity contribution in [1.29, 1.82) is 0 Å². The summed E-state index contributed by atoms with van der Waals surface area (Å²) in [5.41, 5.74) is 4.16. The van der Waals surface area contributed by atoms with Crippen molar-refractivity contribution in [2.45, 2.75) is 19.8 Å². The number of aryl methyl sites for hydroxylation is 1. The van der Waals surface area contributed by atoms with E-state index in [1.807, 2.05) is 24.3 Å². The van der Waals surface area contributed by atoms with E-state index in [1.165, 1.54) is 5.56 Å². The highest BCUT2D eigenvalue weighted by Crippen LogP contribution is 2.34. The molecule has 1 aromatic carbocycles. The van der Waals surface area contributed by atoms with Crippen LogP contribution in [0.5, 0.6) is 0 Å². The van der Waals surface area contributed by atoms with E-state index in [-0.39, 0.29) is 0 Å². The van der Waals surface area contributed by atoms with Crippen molar-refractivity contribution < 1.29 is 4.79 Å². The second-order valence-corrected chi connectivity index (χ2v) is 4.38. The Bertz CT molecular complexity index is 483. The fourth-order valence-electron chi connectivity index (χ4n) is 1.95. The molecule has 1 aliphatic rings. The lowest BCUT2D eigenvalue weighted by molar-refractivity contribution is -0.104. The highest BCUT2D eigenvalue weighted by Gasteiger charge is 2.15. The van der Waals surface area contributed by atoms with Gasteiger partial charge in [-0.1, -0.05) is 41.9 Å². The maximum atomic E-state index is 10.6.